The number of rotatable bonds is 5. The molecule has 1 heterocycles. The summed E-state index contributed by atoms with van der Waals surface area (Å²) in [5, 5.41) is 12.4. The van der Waals surface area contributed by atoms with Crippen molar-refractivity contribution in [3.05, 3.63) is 35.4 Å². The molecule has 2 N–H and O–H groups in total. The maximum Gasteiger partial charge on any atom is 0.318 e. The van der Waals surface area contributed by atoms with Crippen molar-refractivity contribution in [3.8, 4) is 0 Å². The smallest absolute Gasteiger partial charge is 0.318 e. The van der Waals surface area contributed by atoms with Crippen molar-refractivity contribution in [3.63, 3.8) is 0 Å². The highest BCUT2D eigenvalue weighted by Crippen LogP contribution is 2.22. The number of aliphatic hydroxyl groups excluding tert-OH is 1. The summed E-state index contributed by atoms with van der Waals surface area (Å²) >= 11 is 0. The van der Waals surface area contributed by atoms with Crippen LogP contribution in [0.25, 0.3) is 0 Å². The molecule has 1 aliphatic heterocycles. The monoisotopic (exact) mass is 304 g/mol. The summed E-state index contributed by atoms with van der Waals surface area (Å²) in [6.07, 6.45) is 4.73. The number of piperidine rings is 1. The van der Waals surface area contributed by atoms with Gasteiger partial charge in [0.15, 0.2) is 0 Å². The number of aryl methyl sites for hydroxylation is 1. The first-order valence-electron chi connectivity index (χ1n) is 8.40. The number of carbonyl (C=O) groups is 1. The lowest BCUT2D eigenvalue weighted by Crippen LogP contribution is -2.49. The van der Waals surface area contributed by atoms with E-state index in [0.717, 1.165) is 37.8 Å². The fourth-order valence-corrected chi connectivity index (χ4v) is 3.17. The fraction of sp³-hybridized carbons (Fsp3) is 0.611. The summed E-state index contributed by atoms with van der Waals surface area (Å²) in [5.41, 5.74) is 2.38. The normalized spacial score (nSPS) is 19.8. The molecule has 2 atom stereocenters. The van der Waals surface area contributed by atoms with Crippen molar-refractivity contribution >= 4 is 6.03 Å². The zero-order valence-corrected chi connectivity index (χ0v) is 13.7. The molecule has 0 aromatic heterocycles. The van der Waals surface area contributed by atoms with Crippen LogP contribution in [0.15, 0.2) is 24.3 Å². The first kappa shape index (κ1) is 16.8. The van der Waals surface area contributed by atoms with E-state index in [0.29, 0.717) is 6.42 Å². The Bertz CT molecular complexity index is 470. The van der Waals surface area contributed by atoms with Crippen molar-refractivity contribution in [2.75, 3.05) is 13.2 Å². The Kier molecular flexibility index (Phi) is 6.25. The number of likely N-dealkylation sites (tertiary alicyclic amines) is 1. The van der Waals surface area contributed by atoms with E-state index in [9.17, 15) is 9.90 Å². The van der Waals surface area contributed by atoms with E-state index < -0.39 is 0 Å². The number of hydrogen-bond donors (Lipinski definition) is 2. The van der Waals surface area contributed by atoms with Crippen LogP contribution in [0.4, 0.5) is 4.79 Å². The van der Waals surface area contributed by atoms with Crippen LogP contribution in [-0.2, 0) is 0 Å². The molecular formula is C18H28N2O2. The topological polar surface area (TPSA) is 52.6 Å². The van der Waals surface area contributed by atoms with Crippen molar-refractivity contribution < 1.29 is 9.90 Å². The second kappa shape index (κ2) is 8.18. The number of urea groups is 1. The van der Waals surface area contributed by atoms with Crippen molar-refractivity contribution in [1.29, 1.82) is 0 Å². The Labute approximate surface area is 133 Å². The summed E-state index contributed by atoms with van der Waals surface area (Å²) < 4.78 is 0. The van der Waals surface area contributed by atoms with Gasteiger partial charge in [-0.15, -0.1) is 0 Å². The lowest BCUT2D eigenvalue weighted by atomic mass is 9.99. The van der Waals surface area contributed by atoms with Gasteiger partial charge in [-0.3, -0.25) is 0 Å². The molecule has 0 spiro atoms. The van der Waals surface area contributed by atoms with Crippen LogP contribution in [0.5, 0.6) is 0 Å². The Hall–Kier alpha value is -1.55. The quantitative estimate of drug-likeness (QED) is 0.876. The van der Waals surface area contributed by atoms with E-state index in [1.807, 2.05) is 4.90 Å². The standard InChI is InChI=1S/C18H28N2O2/c1-3-17(15-9-7-14(2)8-10-15)19-18(22)20-12-5-4-6-16(20)11-13-21/h7-10,16-17,21H,3-6,11-13H2,1-2H3,(H,19,22). The summed E-state index contributed by atoms with van der Waals surface area (Å²) in [6.45, 7) is 5.09. The van der Waals surface area contributed by atoms with Gasteiger partial charge in [-0.2, -0.15) is 0 Å². The molecule has 2 unspecified atom stereocenters. The summed E-state index contributed by atoms with van der Waals surface area (Å²) in [4.78, 5) is 14.5. The minimum absolute atomic E-state index is 0.00516. The largest absolute Gasteiger partial charge is 0.396 e. The third-order valence-electron chi connectivity index (χ3n) is 4.54. The zero-order chi connectivity index (χ0) is 15.9. The van der Waals surface area contributed by atoms with E-state index in [4.69, 9.17) is 0 Å². The van der Waals surface area contributed by atoms with Crippen LogP contribution in [0, 0.1) is 6.92 Å². The number of amides is 2. The average Bonchev–Trinajstić information content (AvgIpc) is 2.54. The van der Waals surface area contributed by atoms with E-state index in [2.05, 4.69) is 43.4 Å². The third kappa shape index (κ3) is 4.23. The molecular weight excluding hydrogens is 276 g/mol. The molecule has 1 fully saturated rings. The molecule has 122 valence electrons. The number of hydrogen-bond acceptors (Lipinski definition) is 2. The summed E-state index contributed by atoms with van der Waals surface area (Å²) in [7, 11) is 0. The number of nitrogens with zero attached hydrogens (tertiary/aromatic N) is 1. The number of aliphatic hydroxyl groups is 1. The molecule has 0 aliphatic carbocycles. The minimum Gasteiger partial charge on any atom is -0.396 e. The number of nitrogens with one attached hydrogen (secondary N) is 1. The van der Waals surface area contributed by atoms with Crippen molar-refractivity contribution in [2.45, 2.75) is 58.0 Å². The summed E-state index contributed by atoms with van der Waals surface area (Å²) in [6, 6.07) is 8.57. The van der Waals surface area contributed by atoms with Crippen LogP contribution in [0.2, 0.25) is 0 Å². The van der Waals surface area contributed by atoms with Gasteiger partial charge in [0.2, 0.25) is 0 Å². The van der Waals surface area contributed by atoms with Crippen LogP contribution >= 0.6 is 0 Å². The maximum atomic E-state index is 12.6. The highest BCUT2D eigenvalue weighted by Gasteiger charge is 2.27. The van der Waals surface area contributed by atoms with Gasteiger partial charge in [-0.25, -0.2) is 4.79 Å². The van der Waals surface area contributed by atoms with E-state index >= 15 is 0 Å². The number of benzene rings is 1. The van der Waals surface area contributed by atoms with Crippen LogP contribution in [0.3, 0.4) is 0 Å². The minimum atomic E-state index is 0.00516. The maximum absolute atomic E-state index is 12.6. The first-order valence-corrected chi connectivity index (χ1v) is 8.40. The highest BCUT2D eigenvalue weighted by atomic mass is 16.3. The SMILES string of the molecule is CCC(NC(=O)N1CCCCC1CCO)c1ccc(C)cc1. The Morgan fingerprint density at radius 3 is 2.73 bits per heavy atom. The van der Waals surface area contributed by atoms with Gasteiger partial charge in [0, 0.05) is 19.2 Å². The second-order valence-corrected chi connectivity index (χ2v) is 6.18. The first-order chi connectivity index (χ1) is 10.7. The van der Waals surface area contributed by atoms with Gasteiger partial charge < -0.3 is 15.3 Å². The fourth-order valence-electron chi connectivity index (χ4n) is 3.17. The van der Waals surface area contributed by atoms with Gasteiger partial charge in [0.05, 0.1) is 6.04 Å². The zero-order valence-electron chi connectivity index (χ0n) is 13.7. The molecule has 0 radical (unpaired) electrons. The lowest BCUT2D eigenvalue weighted by Gasteiger charge is -2.36. The average molecular weight is 304 g/mol. The van der Waals surface area contributed by atoms with E-state index in [1.165, 1.54) is 5.56 Å². The highest BCUT2D eigenvalue weighted by molar-refractivity contribution is 5.75. The predicted molar refractivity (Wildman–Crippen MR) is 88.8 cm³/mol. The molecule has 1 saturated heterocycles. The molecule has 4 nitrogen and oxygen atoms in total. The third-order valence-corrected chi connectivity index (χ3v) is 4.54. The van der Waals surface area contributed by atoms with Gasteiger partial charge in [-0.05, 0) is 44.6 Å². The molecule has 2 amide bonds. The molecule has 1 aliphatic rings. The van der Waals surface area contributed by atoms with Crippen LogP contribution in [-0.4, -0.2) is 35.2 Å². The second-order valence-electron chi connectivity index (χ2n) is 6.18. The van der Waals surface area contributed by atoms with Gasteiger partial charge in [0.1, 0.15) is 0 Å². The van der Waals surface area contributed by atoms with E-state index in [1.54, 1.807) is 0 Å². The summed E-state index contributed by atoms with van der Waals surface area (Å²) in [5.74, 6) is 0. The van der Waals surface area contributed by atoms with Crippen LogP contribution < -0.4 is 5.32 Å². The molecule has 0 bridgehead atoms. The Morgan fingerprint density at radius 2 is 2.09 bits per heavy atom. The Balaban J connectivity index is 2.02. The van der Waals surface area contributed by atoms with Gasteiger partial charge in [0.25, 0.3) is 0 Å². The lowest BCUT2D eigenvalue weighted by molar-refractivity contribution is 0.129. The van der Waals surface area contributed by atoms with Crippen molar-refractivity contribution in [2.24, 2.45) is 0 Å². The Morgan fingerprint density at radius 1 is 1.36 bits per heavy atom. The van der Waals surface area contributed by atoms with Crippen LogP contribution in [0.1, 0.15) is 56.2 Å². The van der Waals surface area contributed by atoms with E-state index in [-0.39, 0.29) is 24.7 Å². The molecule has 1 aromatic carbocycles. The molecule has 4 heteroatoms. The van der Waals surface area contributed by atoms with Gasteiger partial charge in [-0.1, -0.05) is 36.8 Å². The van der Waals surface area contributed by atoms with Gasteiger partial charge >= 0.3 is 6.03 Å². The predicted octanol–water partition coefficient (Wildman–Crippen LogP) is 3.39. The molecule has 22 heavy (non-hydrogen) atoms. The number of carbonyl (C=O) groups excluding carboxylic acids is 1. The molecule has 2 rings (SSSR count). The van der Waals surface area contributed by atoms with Crippen molar-refractivity contribution in [1.82, 2.24) is 10.2 Å². The molecule has 0 saturated carbocycles. The molecule has 1 aromatic rings.